The molecule has 0 radical (unpaired) electrons. The number of halogens is 1. The Kier molecular flexibility index (Phi) is 5.02. The van der Waals surface area contributed by atoms with Crippen molar-refractivity contribution in [3.63, 3.8) is 0 Å². The van der Waals surface area contributed by atoms with Gasteiger partial charge < -0.3 is 9.47 Å². The van der Waals surface area contributed by atoms with Gasteiger partial charge in [0, 0.05) is 5.02 Å². The third-order valence-electron chi connectivity index (χ3n) is 2.82. The first kappa shape index (κ1) is 14.4. The number of carbonyl (C=O) groups excluding carboxylic acids is 1. The Morgan fingerprint density at radius 3 is 2.20 bits per heavy atom. The Morgan fingerprint density at radius 1 is 1.00 bits per heavy atom. The van der Waals surface area contributed by atoms with E-state index in [2.05, 4.69) is 4.74 Å². The summed E-state index contributed by atoms with van der Waals surface area (Å²) in [5.74, 6) is 0.508. The number of rotatable bonds is 5. The van der Waals surface area contributed by atoms with Gasteiger partial charge in [0.2, 0.25) is 0 Å². The topological polar surface area (TPSA) is 35.5 Å². The maximum atomic E-state index is 11.1. The van der Waals surface area contributed by atoms with Crippen LogP contribution in [0.5, 0.6) is 5.75 Å². The van der Waals surface area contributed by atoms with Crippen LogP contribution in [0.2, 0.25) is 5.02 Å². The fourth-order valence-corrected chi connectivity index (χ4v) is 1.82. The zero-order valence-electron chi connectivity index (χ0n) is 11.1. The molecule has 0 amide bonds. The standard InChI is InChI=1S/C16H15ClO3/c1-19-16(18)10-12-4-8-15(9-5-12)20-11-13-2-6-14(17)7-3-13/h2-9H,10-11H2,1H3. The van der Waals surface area contributed by atoms with Crippen LogP contribution in [-0.4, -0.2) is 13.1 Å². The number of benzene rings is 2. The summed E-state index contributed by atoms with van der Waals surface area (Å²) in [7, 11) is 1.38. The average molecular weight is 291 g/mol. The smallest absolute Gasteiger partial charge is 0.309 e. The molecule has 0 saturated carbocycles. The van der Waals surface area contributed by atoms with Crippen LogP contribution in [-0.2, 0) is 22.6 Å². The van der Waals surface area contributed by atoms with Gasteiger partial charge in [0.25, 0.3) is 0 Å². The Morgan fingerprint density at radius 2 is 1.60 bits per heavy atom. The minimum absolute atomic E-state index is 0.250. The molecule has 2 rings (SSSR count). The van der Waals surface area contributed by atoms with E-state index in [1.165, 1.54) is 7.11 Å². The van der Waals surface area contributed by atoms with E-state index in [0.717, 1.165) is 16.9 Å². The van der Waals surface area contributed by atoms with Crippen molar-refractivity contribution in [2.75, 3.05) is 7.11 Å². The first-order valence-corrected chi connectivity index (χ1v) is 6.58. The molecule has 0 aliphatic heterocycles. The van der Waals surface area contributed by atoms with Crippen LogP contribution in [0.3, 0.4) is 0 Å². The van der Waals surface area contributed by atoms with Crippen molar-refractivity contribution in [1.29, 1.82) is 0 Å². The number of hydrogen-bond acceptors (Lipinski definition) is 3. The molecule has 0 saturated heterocycles. The lowest BCUT2D eigenvalue weighted by Gasteiger charge is -2.07. The van der Waals surface area contributed by atoms with E-state index in [4.69, 9.17) is 16.3 Å². The molecule has 0 spiro atoms. The summed E-state index contributed by atoms with van der Waals surface area (Å²) in [5, 5.41) is 0.709. The second-order valence-corrected chi connectivity index (χ2v) is 4.75. The highest BCUT2D eigenvalue weighted by atomic mass is 35.5. The SMILES string of the molecule is COC(=O)Cc1ccc(OCc2ccc(Cl)cc2)cc1. The van der Waals surface area contributed by atoms with Gasteiger partial charge in [-0.3, -0.25) is 4.79 Å². The van der Waals surface area contributed by atoms with Gasteiger partial charge in [0.1, 0.15) is 12.4 Å². The van der Waals surface area contributed by atoms with Crippen molar-refractivity contribution in [2.45, 2.75) is 13.0 Å². The first-order valence-electron chi connectivity index (χ1n) is 6.20. The fraction of sp³-hybridized carbons (Fsp3) is 0.188. The van der Waals surface area contributed by atoms with Gasteiger partial charge in [0.05, 0.1) is 13.5 Å². The van der Waals surface area contributed by atoms with Crippen LogP contribution >= 0.6 is 11.6 Å². The lowest BCUT2D eigenvalue weighted by molar-refractivity contribution is -0.139. The Hall–Kier alpha value is -2.00. The Balaban J connectivity index is 1.90. The predicted molar refractivity (Wildman–Crippen MR) is 77.9 cm³/mol. The van der Waals surface area contributed by atoms with Crippen LogP contribution in [0.15, 0.2) is 48.5 Å². The highest BCUT2D eigenvalue weighted by molar-refractivity contribution is 6.30. The molecule has 2 aromatic carbocycles. The summed E-state index contributed by atoms with van der Waals surface area (Å²) < 4.78 is 10.3. The minimum atomic E-state index is -0.250. The van der Waals surface area contributed by atoms with Gasteiger partial charge in [-0.25, -0.2) is 0 Å². The zero-order chi connectivity index (χ0) is 14.4. The van der Waals surface area contributed by atoms with E-state index >= 15 is 0 Å². The summed E-state index contributed by atoms with van der Waals surface area (Å²) in [6, 6.07) is 14.9. The predicted octanol–water partition coefficient (Wildman–Crippen LogP) is 3.63. The molecule has 0 heterocycles. The van der Waals surface area contributed by atoms with E-state index in [1.54, 1.807) is 0 Å². The van der Waals surface area contributed by atoms with Gasteiger partial charge in [-0.05, 0) is 35.4 Å². The summed E-state index contributed by atoms with van der Waals surface area (Å²) in [5.41, 5.74) is 1.95. The van der Waals surface area contributed by atoms with Crippen LogP contribution in [0.25, 0.3) is 0 Å². The fourth-order valence-electron chi connectivity index (χ4n) is 1.69. The molecule has 0 bridgehead atoms. The number of hydrogen-bond donors (Lipinski definition) is 0. The van der Waals surface area contributed by atoms with Crippen LogP contribution in [0.4, 0.5) is 0 Å². The molecule has 0 unspecified atom stereocenters. The van der Waals surface area contributed by atoms with Crippen molar-refractivity contribution in [3.05, 3.63) is 64.7 Å². The second kappa shape index (κ2) is 6.96. The number of ether oxygens (including phenoxy) is 2. The highest BCUT2D eigenvalue weighted by Crippen LogP contribution is 2.16. The number of esters is 1. The lowest BCUT2D eigenvalue weighted by atomic mass is 10.1. The molecule has 0 aliphatic carbocycles. The monoisotopic (exact) mass is 290 g/mol. The molecular weight excluding hydrogens is 276 g/mol. The maximum Gasteiger partial charge on any atom is 0.309 e. The molecule has 3 nitrogen and oxygen atoms in total. The normalized spacial score (nSPS) is 10.1. The summed E-state index contributed by atoms with van der Waals surface area (Å²) in [6.45, 7) is 0.480. The maximum absolute atomic E-state index is 11.1. The lowest BCUT2D eigenvalue weighted by Crippen LogP contribution is -2.04. The van der Waals surface area contributed by atoms with Crippen molar-refractivity contribution < 1.29 is 14.3 Å². The highest BCUT2D eigenvalue weighted by Gasteiger charge is 2.03. The van der Waals surface area contributed by atoms with Gasteiger partial charge >= 0.3 is 5.97 Å². The van der Waals surface area contributed by atoms with Gasteiger partial charge in [-0.1, -0.05) is 35.9 Å². The zero-order valence-corrected chi connectivity index (χ0v) is 11.9. The van der Waals surface area contributed by atoms with E-state index in [9.17, 15) is 4.79 Å². The Bertz CT molecular complexity index is 561. The number of carbonyl (C=O) groups is 1. The van der Waals surface area contributed by atoms with Crippen molar-refractivity contribution >= 4 is 17.6 Å². The van der Waals surface area contributed by atoms with E-state index in [-0.39, 0.29) is 12.4 Å². The van der Waals surface area contributed by atoms with E-state index in [1.807, 2.05) is 48.5 Å². The molecule has 4 heteroatoms. The summed E-state index contributed by atoms with van der Waals surface area (Å²) >= 11 is 5.82. The van der Waals surface area contributed by atoms with Crippen molar-refractivity contribution in [2.24, 2.45) is 0 Å². The van der Waals surface area contributed by atoms with Gasteiger partial charge in [-0.15, -0.1) is 0 Å². The molecule has 104 valence electrons. The molecular formula is C16H15ClO3. The molecule has 0 atom stereocenters. The number of methoxy groups -OCH3 is 1. The van der Waals surface area contributed by atoms with Crippen molar-refractivity contribution in [1.82, 2.24) is 0 Å². The average Bonchev–Trinajstić information content (AvgIpc) is 2.48. The third-order valence-corrected chi connectivity index (χ3v) is 3.07. The Labute approximate surface area is 123 Å². The van der Waals surface area contributed by atoms with Gasteiger partial charge in [-0.2, -0.15) is 0 Å². The van der Waals surface area contributed by atoms with Crippen molar-refractivity contribution in [3.8, 4) is 5.75 Å². The summed E-state index contributed by atoms with van der Waals surface area (Å²) in [6.07, 6.45) is 0.272. The van der Waals surface area contributed by atoms with E-state index in [0.29, 0.717) is 11.6 Å². The molecule has 20 heavy (non-hydrogen) atoms. The molecule has 0 N–H and O–H groups in total. The van der Waals surface area contributed by atoms with Crippen LogP contribution in [0, 0.1) is 0 Å². The summed E-state index contributed by atoms with van der Waals surface area (Å²) in [4.78, 5) is 11.1. The molecule has 0 aromatic heterocycles. The molecule has 2 aromatic rings. The third kappa shape index (κ3) is 4.28. The van der Waals surface area contributed by atoms with Crippen LogP contribution in [0.1, 0.15) is 11.1 Å². The quantitative estimate of drug-likeness (QED) is 0.789. The molecule has 0 aliphatic rings. The molecule has 0 fully saturated rings. The van der Waals surface area contributed by atoms with E-state index < -0.39 is 0 Å². The minimum Gasteiger partial charge on any atom is -0.489 e. The first-order chi connectivity index (χ1) is 9.67. The largest absolute Gasteiger partial charge is 0.489 e. The van der Waals surface area contributed by atoms with Gasteiger partial charge in [0.15, 0.2) is 0 Å². The van der Waals surface area contributed by atoms with Crippen LogP contribution < -0.4 is 4.74 Å². The second-order valence-electron chi connectivity index (χ2n) is 4.31.